The molecule has 0 atom stereocenters. The number of hydrogen-bond acceptors (Lipinski definition) is 4. The third kappa shape index (κ3) is 8.82. The van der Waals surface area contributed by atoms with Crippen LogP contribution >= 0.6 is 12.4 Å². The molecule has 0 amide bonds. The average Bonchev–Trinajstić information content (AvgIpc) is 2.10. The Balaban J connectivity index is 0. The molecular formula is C8H16ClN5O2. The molecule has 0 spiro atoms. The van der Waals surface area contributed by atoms with Gasteiger partial charge in [-0.25, -0.2) is 4.79 Å². The highest BCUT2D eigenvalue weighted by Gasteiger charge is 2.02. The van der Waals surface area contributed by atoms with E-state index in [2.05, 4.69) is 17.2 Å². The maximum Gasteiger partial charge on any atom is 0.333 e. The van der Waals surface area contributed by atoms with Crippen molar-refractivity contribution in [2.75, 3.05) is 13.2 Å². The molecule has 92 valence electrons. The Kier molecular flexibility index (Phi) is 8.89. The van der Waals surface area contributed by atoms with Gasteiger partial charge in [0, 0.05) is 5.57 Å². The van der Waals surface area contributed by atoms with Gasteiger partial charge in [-0.15, -0.1) is 12.4 Å². The number of hydrogen-bond donors (Lipinski definition) is 5. The molecule has 8 heteroatoms. The van der Waals surface area contributed by atoms with Crippen LogP contribution in [0.5, 0.6) is 0 Å². The van der Waals surface area contributed by atoms with E-state index >= 15 is 0 Å². The maximum atomic E-state index is 10.9. The lowest BCUT2D eigenvalue weighted by molar-refractivity contribution is -0.138. The summed E-state index contributed by atoms with van der Waals surface area (Å²) in [5, 5.41) is 18.8. The molecular weight excluding hydrogens is 234 g/mol. The van der Waals surface area contributed by atoms with E-state index < -0.39 is 5.97 Å². The molecule has 0 saturated heterocycles. The first-order chi connectivity index (χ1) is 6.93. The van der Waals surface area contributed by atoms with E-state index in [1.165, 1.54) is 0 Å². The summed E-state index contributed by atoms with van der Waals surface area (Å²) in [5.74, 6) is -0.914. The minimum Gasteiger partial charge on any atom is -0.460 e. The summed E-state index contributed by atoms with van der Waals surface area (Å²) in [7, 11) is 0. The predicted molar refractivity (Wildman–Crippen MR) is 63.8 cm³/mol. The second-order valence-corrected chi connectivity index (χ2v) is 2.76. The van der Waals surface area contributed by atoms with Crippen LogP contribution < -0.4 is 16.4 Å². The Hall–Kier alpha value is -1.76. The van der Waals surface area contributed by atoms with Gasteiger partial charge in [0.15, 0.2) is 11.9 Å². The topological polar surface area (TPSA) is 124 Å². The minimum absolute atomic E-state index is 0. The zero-order chi connectivity index (χ0) is 11.8. The number of carbonyl (C=O) groups excluding carboxylic acids is 1. The quantitative estimate of drug-likeness (QED) is 0.152. The van der Waals surface area contributed by atoms with Crippen molar-refractivity contribution in [3.63, 3.8) is 0 Å². The van der Waals surface area contributed by atoms with E-state index in [4.69, 9.17) is 21.3 Å². The van der Waals surface area contributed by atoms with Crippen molar-refractivity contribution >= 4 is 30.3 Å². The van der Waals surface area contributed by atoms with Crippen molar-refractivity contribution in [3.05, 3.63) is 12.2 Å². The van der Waals surface area contributed by atoms with Gasteiger partial charge in [0.05, 0.1) is 6.54 Å². The van der Waals surface area contributed by atoms with Gasteiger partial charge < -0.3 is 15.8 Å². The smallest absolute Gasteiger partial charge is 0.333 e. The standard InChI is InChI=1S/C8H15N5O2.ClH/c1-5(2)6(14)15-4-3-12-8(11)13-7(9)10;/h1,3-4H2,2H3,(H6,9,10,11,12,13);1H. The molecule has 0 bridgehead atoms. The third-order valence-corrected chi connectivity index (χ3v) is 1.25. The van der Waals surface area contributed by atoms with Crippen molar-refractivity contribution in [2.24, 2.45) is 5.73 Å². The highest BCUT2D eigenvalue weighted by molar-refractivity contribution is 5.94. The van der Waals surface area contributed by atoms with E-state index in [-0.39, 0.29) is 37.5 Å². The van der Waals surface area contributed by atoms with Crippen LogP contribution in [0.4, 0.5) is 0 Å². The van der Waals surface area contributed by atoms with Crippen molar-refractivity contribution in [1.29, 1.82) is 10.8 Å². The third-order valence-electron chi connectivity index (χ3n) is 1.25. The maximum absolute atomic E-state index is 10.9. The number of ether oxygens (including phenoxy) is 1. The number of esters is 1. The fourth-order valence-electron chi connectivity index (χ4n) is 0.622. The summed E-state index contributed by atoms with van der Waals surface area (Å²) in [6, 6.07) is 0. The SMILES string of the molecule is C=C(C)C(=O)OCCNC(=N)NC(=N)N.Cl. The van der Waals surface area contributed by atoms with Crippen molar-refractivity contribution < 1.29 is 9.53 Å². The molecule has 16 heavy (non-hydrogen) atoms. The first-order valence-corrected chi connectivity index (χ1v) is 4.19. The van der Waals surface area contributed by atoms with Crippen LogP contribution in [0.2, 0.25) is 0 Å². The van der Waals surface area contributed by atoms with Gasteiger partial charge in [-0.3, -0.25) is 16.1 Å². The van der Waals surface area contributed by atoms with Crippen LogP contribution in [0, 0.1) is 10.8 Å². The lowest BCUT2D eigenvalue weighted by Gasteiger charge is -2.08. The number of halogens is 1. The van der Waals surface area contributed by atoms with E-state index in [0.29, 0.717) is 5.57 Å². The number of nitrogens with one attached hydrogen (secondary N) is 4. The number of nitrogens with two attached hydrogens (primary N) is 1. The summed E-state index contributed by atoms with van der Waals surface area (Å²) in [6.45, 7) is 5.35. The monoisotopic (exact) mass is 249 g/mol. The van der Waals surface area contributed by atoms with Crippen LogP contribution in [0.25, 0.3) is 0 Å². The van der Waals surface area contributed by atoms with Gasteiger partial charge in [-0.2, -0.15) is 0 Å². The Morgan fingerprint density at radius 2 is 2.06 bits per heavy atom. The molecule has 0 unspecified atom stereocenters. The van der Waals surface area contributed by atoms with E-state index in [1.807, 2.05) is 0 Å². The van der Waals surface area contributed by atoms with Crippen LogP contribution in [-0.2, 0) is 9.53 Å². The summed E-state index contributed by atoms with van der Waals surface area (Å²) < 4.78 is 4.75. The van der Waals surface area contributed by atoms with Crippen LogP contribution in [0.3, 0.4) is 0 Å². The molecule has 0 rings (SSSR count). The van der Waals surface area contributed by atoms with Gasteiger partial charge in [0.1, 0.15) is 6.61 Å². The number of rotatable bonds is 4. The molecule has 0 aliphatic heterocycles. The molecule has 0 aromatic carbocycles. The summed E-state index contributed by atoms with van der Waals surface area (Å²) >= 11 is 0. The summed E-state index contributed by atoms with van der Waals surface area (Å²) in [6.07, 6.45) is 0. The second-order valence-electron chi connectivity index (χ2n) is 2.76. The largest absolute Gasteiger partial charge is 0.460 e. The molecule has 0 fully saturated rings. The van der Waals surface area contributed by atoms with Gasteiger partial charge in [-0.1, -0.05) is 6.58 Å². The molecule has 0 aliphatic carbocycles. The fourth-order valence-corrected chi connectivity index (χ4v) is 0.622. The molecule has 0 aromatic heterocycles. The molecule has 0 aliphatic rings. The van der Waals surface area contributed by atoms with Gasteiger partial charge in [-0.05, 0) is 6.92 Å². The zero-order valence-corrected chi connectivity index (χ0v) is 9.74. The molecule has 0 aromatic rings. The van der Waals surface area contributed by atoms with Crippen molar-refractivity contribution in [2.45, 2.75) is 6.92 Å². The van der Waals surface area contributed by atoms with E-state index in [9.17, 15) is 4.79 Å². The molecule has 6 N–H and O–H groups in total. The van der Waals surface area contributed by atoms with Crippen LogP contribution in [-0.4, -0.2) is 31.0 Å². The Morgan fingerprint density at radius 1 is 1.50 bits per heavy atom. The van der Waals surface area contributed by atoms with E-state index in [0.717, 1.165) is 0 Å². The first-order valence-electron chi connectivity index (χ1n) is 4.19. The second kappa shape index (κ2) is 8.54. The Bertz CT molecular complexity index is 292. The lowest BCUT2D eigenvalue weighted by atomic mass is 10.4. The first kappa shape index (κ1) is 16.7. The molecule has 7 nitrogen and oxygen atoms in total. The van der Waals surface area contributed by atoms with Crippen molar-refractivity contribution in [1.82, 2.24) is 10.6 Å². The van der Waals surface area contributed by atoms with Gasteiger partial charge in [0.2, 0.25) is 0 Å². The summed E-state index contributed by atoms with van der Waals surface area (Å²) in [5.41, 5.74) is 5.31. The highest BCUT2D eigenvalue weighted by Crippen LogP contribution is 1.90. The molecule has 0 heterocycles. The lowest BCUT2D eigenvalue weighted by Crippen LogP contribution is -2.44. The number of carbonyl (C=O) groups is 1. The number of guanidine groups is 2. The predicted octanol–water partition coefficient (Wildman–Crippen LogP) is -0.465. The zero-order valence-electron chi connectivity index (χ0n) is 8.92. The molecule has 0 radical (unpaired) electrons. The molecule has 0 saturated carbocycles. The Morgan fingerprint density at radius 3 is 2.50 bits per heavy atom. The van der Waals surface area contributed by atoms with Crippen molar-refractivity contribution in [3.8, 4) is 0 Å². The minimum atomic E-state index is -0.470. The van der Waals surface area contributed by atoms with Crippen LogP contribution in [0.15, 0.2) is 12.2 Å². The summed E-state index contributed by atoms with van der Waals surface area (Å²) in [4.78, 5) is 10.9. The Labute approximate surface area is 99.8 Å². The van der Waals surface area contributed by atoms with Gasteiger partial charge >= 0.3 is 5.97 Å². The van der Waals surface area contributed by atoms with Gasteiger partial charge in [0.25, 0.3) is 0 Å². The fraction of sp³-hybridized carbons (Fsp3) is 0.375. The highest BCUT2D eigenvalue weighted by atomic mass is 35.5. The van der Waals surface area contributed by atoms with Crippen LogP contribution in [0.1, 0.15) is 6.92 Å². The van der Waals surface area contributed by atoms with E-state index in [1.54, 1.807) is 6.92 Å². The normalized spacial score (nSPS) is 8.31. The average molecular weight is 250 g/mol.